The standard InChI is InChI=1S/C7H10N2O3/c1-3-6(10)12-5-4-9(2)8-7(5)11/h4H,3H2,1-2H3,(H,8,11). The lowest BCUT2D eigenvalue weighted by Crippen LogP contribution is -2.11. The summed E-state index contributed by atoms with van der Waals surface area (Å²) in [6.45, 7) is 1.67. The highest BCUT2D eigenvalue weighted by molar-refractivity contribution is 5.71. The van der Waals surface area contributed by atoms with Gasteiger partial charge < -0.3 is 4.74 Å². The molecule has 66 valence electrons. The molecule has 1 heterocycles. The third-order valence-electron chi connectivity index (χ3n) is 1.33. The van der Waals surface area contributed by atoms with Crippen molar-refractivity contribution >= 4 is 5.97 Å². The molecule has 5 heteroatoms. The Hall–Kier alpha value is -1.52. The molecule has 0 spiro atoms. The van der Waals surface area contributed by atoms with Crippen molar-refractivity contribution in [2.75, 3.05) is 0 Å². The molecule has 0 fully saturated rings. The number of H-pyrrole nitrogens is 1. The van der Waals surface area contributed by atoms with Crippen LogP contribution in [0.2, 0.25) is 0 Å². The first-order valence-corrected chi connectivity index (χ1v) is 3.59. The van der Waals surface area contributed by atoms with Crippen molar-refractivity contribution in [3.8, 4) is 5.75 Å². The molecule has 0 aliphatic rings. The van der Waals surface area contributed by atoms with E-state index in [0.717, 1.165) is 0 Å². The van der Waals surface area contributed by atoms with E-state index in [2.05, 4.69) is 5.10 Å². The molecular formula is C7H10N2O3. The molecule has 1 N–H and O–H groups in total. The first-order valence-electron chi connectivity index (χ1n) is 3.59. The number of nitrogens with one attached hydrogen (secondary N) is 1. The maximum Gasteiger partial charge on any atom is 0.311 e. The average molecular weight is 170 g/mol. The highest BCUT2D eigenvalue weighted by atomic mass is 16.5. The quantitative estimate of drug-likeness (QED) is 0.637. The number of hydrogen-bond donors (Lipinski definition) is 1. The lowest BCUT2D eigenvalue weighted by molar-refractivity contribution is -0.134. The first-order chi connectivity index (χ1) is 5.63. The van der Waals surface area contributed by atoms with E-state index in [1.807, 2.05) is 0 Å². The van der Waals surface area contributed by atoms with Gasteiger partial charge in [-0.15, -0.1) is 0 Å². The molecule has 0 unspecified atom stereocenters. The lowest BCUT2D eigenvalue weighted by Gasteiger charge is -1.94. The van der Waals surface area contributed by atoms with Crippen LogP contribution in [0.3, 0.4) is 0 Å². The summed E-state index contributed by atoms with van der Waals surface area (Å²) in [6, 6.07) is 0. The Morgan fingerprint density at radius 3 is 2.83 bits per heavy atom. The average Bonchev–Trinajstić information content (AvgIpc) is 2.30. The minimum absolute atomic E-state index is 0.0457. The molecule has 0 radical (unpaired) electrons. The van der Waals surface area contributed by atoms with Gasteiger partial charge in [0.15, 0.2) is 0 Å². The van der Waals surface area contributed by atoms with Gasteiger partial charge in [0.1, 0.15) is 0 Å². The minimum atomic E-state index is -0.410. The fourth-order valence-corrected chi connectivity index (χ4v) is 0.750. The second-order valence-corrected chi connectivity index (χ2v) is 2.37. The highest BCUT2D eigenvalue weighted by Crippen LogP contribution is 2.00. The summed E-state index contributed by atoms with van der Waals surface area (Å²) < 4.78 is 6.14. The predicted molar refractivity (Wildman–Crippen MR) is 42.0 cm³/mol. The molecule has 5 nitrogen and oxygen atoms in total. The molecule has 0 atom stereocenters. The van der Waals surface area contributed by atoms with Gasteiger partial charge in [-0.1, -0.05) is 6.92 Å². The second kappa shape index (κ2) is 3.25. The first kappa shape index (κ1) is 8.58. The predicted octanol–water partition coefficient (Wildman–Crippen LogP) is 0.0288. The molecule has 0 saturated carbocycles. The van der Waals surface area contributed by atoms with E-state index in [-0.39, 0.29) is 17.7 Å². The molecular weight excluding hydrogens is 160 g/mol. The van der Waals surface area contributed by atoms with Crippen molar-refractivity contribution in [1.82, 2.24) is 9.78 Å². The number of ether oxygens (including phenoxy) is 1. The highest BCUT2D eigenvalue weighted by Gasteiger charge is 2.07. The monoisotopic (exact) mass is 170 g/mol. The summed E-state index contributed by atoms with van der Waals surface area (Å²) >= 11 is 0. The zero-order valence-corrected chi connectivity index (χ0v) is 6.96. The number of carbonyl (C=O) groups is 1. The summed E-state index contributed by atoms with van der Waals surface area (Å²) in [6.07, 6.45) is 1.68. The molecule has 0 bridgehead atoms. The van der Waals surface area contributed by atoms with Gasteiger partial charge in [-0.3, -0.25) is 19.4 Å². The van der Waals surface area contributed by atoms with Gasteiger partial charge in [-0.25, -0.2) is 0 Å². The van der Waals surface area contributed by atoms with Crippen LogP contribution in [0, 0.1) is 0 Å². The van der Waals surface area contributed by atoms with Crippen LogP contribution in [0.25, 0.3) is 0 Å². The van der Waals surface area contributed by atoms with Crippen LogP contribution in [0.15, 0.2) is 11.0 Å². The van der Waals surface area contributed by atoms with Gasteiger partial charge in [0.05, 0.1) is 6.20 Å². The number of carbonyl (C=O) groups excluding carboxylic acids is 1. The van der Waals surface area contributed by atoms with Gasteiger partial charge in [0.2, 0.25) is 5.75 Å². The van der Waals surface area contributed by atoms with Crippen LogP contribution >= 0.6 is 0 Å². The Morgan fingerprint density at radius 2 is 2.42 bits per heavy atom. The number of rotatable bonds is 2. The van der Waals surface area contributed by atoms with E-state index in [1.165, 1.54) is 10.9 Å². The van der Waals surface area contributed by atoms with Crippen molar-refractivity contribution in [2.24, 2.45) is 7.05 Å². The molecule has 0 aromatic carbocycles. The Kier molecular flexibility index (Phi) is 2.32. The second-order valence-electron chi connectivity index (χ2n) is 2.37. The molecule has 1 aromatic heterocycles. The molecule has 12 heavy (non-hydrogen) atoms. The van der Waals surface area contributed by atoms with Crippen LogP contribution < -0.4 is 10.3 Å². The summed E-state index contributed by atoms with van der Waals surface area (Å²) in [4.78, 5) is 21.7. The SMILES string of the molecule is CCC(=O)Oc1cn(C)[nH]c1=O. The Labute approximate surface area is 68.9 Å². The number of esters is 1. The fraction of sp³-hybridized carbons (Fsp3) is 0.429. The number of nitrogens with zero attached hydrogens (tertiary/aromatic N) is 1. The van der Waals surface area contributed by atoms with Crippen molar-refractivity contribution in [1.29, 1.82) is 0 Å². The van der Waals surface area contributed by atoms with Crippen LogP contribution in [0.4, 0.5) is 0 Å². The largest absolute Gasteiger partial charge is 0.419 e. The summed E-state index contributed by atoms with van der Waals surface area (Å²) in [7, 11) is 1.64. The zero-order chi connectivity index (χ0) is 9.14. The number of hydrogen-bond acceptors (Lipinski definition) is 3. The van der Waals surface area contributed by atoms with Gasteiger partial charge in [-0.05, 0) is 0 Å². The van der Waals surface area contributed by atoms with Crippen LogP contribution in [-0.2, 0) is 11.8 Å². The van der Waals surface area contributed by atoms with Crippen molar-refractivity contribution < 1.29 is 9.53 Å². The topological polar surface area (TPSA) is 64.1 Å². The Balaban J connectivity index is 2.82. The molecule has 0 saturated heterocycles. The van der Waals surface area contributed by atoms with E-state index < -0.39 is 5.97 Å². The fourth-order valence-electron chi connectivity index (χ4n) is 0.750. The van der Waals surface area contributed by atoms with Gasteiger partial charge in [0, 0.05) is 13.5 Å². The molecule has 0 aliphatic heterocycles. The summed E-state index contributed by atoms with van der Waals surface area (Å²) in [5, 5.41) is 2.42. The van der Waals surface area contributed by atoms with E-state index in [1.54, 1.807) is 14.0 Å². The molecule has 0 amide bonds. The minimum Gasteiger partial charge on any atom is -0.419 e. The van der Waals surface area contributed by atoms with Crippen molar-refractivity contribution in [2.45, 2.75) is 13.3 Å². The number of aryl methyl sites for hydroxylation is 1. The molecule has 1 rings (SSSR count). The maximum absolute atomic E-state index is 10.9. The van der Waals surface area contributed by atoms with Crippen molar-refractivity contribution in [3.05, 3.63) is 16.6 Å². The van der Waals surface area contributed by atoms with Crippen LogP contribution in [0.5, 0.6) is 5.75 Å². The van der Waals surface area contributed by atoms with E-state index in [0.29, 0.717) is 0 Å². The van der Waals surface area contributed by atoms with Crippen LogP contribution in [0.1, 0.15) is 13.3 Å². The lowest BCUT2D eigenvalue weighted by atomic mass is 10.5. The third-order valence-corrected chi connectivity index (χ3v) is 1.33. The Morgan fingerprint density at radius 1 is 1.75 bits per heavy atom. The van der Waals surface area contributed by atoms with E-state index in [9.17, 15) is 9.59 Å². The van der Waals surface area contributed by atoms with E-state index >= 15 is 0 Å². The zero-order valence-electron chi connectivity index (χ0n) is 6.96. The van der Waals surface area contributed by atoms with Gasteiger partial charge in [0.25, 0.3) is 0 Å². The Bertz CT molecular complexity index is 337. The van der Waals surface area contributed by atoms with E-state index in [4.69, 9.17) is 4.74 Å². The van der Waals surface area contributed by atoms with Gasteiger partial charge in [-0.2, -0.15) is 0 Å². The third kappa shape index (κ3) is 1.75. The summed E-state index contributed by atoms with van der Waals surface area (Å²) in [5.74, 6) is -0.365. The molecule has 1 aromatic rings. The van der Waals surface area contributed by atoms with Gasteiger partial charge >= 0.3 is 11.5 Å². The summed E-state index contributed by atoms with van der Waals surface area (Å²) in [5.41, 5.74) is -0.390. The number of aromatic nitrogens is 2. The van der Waals surface area contributed by atoms with Crippen molar-refractivity contribution in [3.63, 3.8) is 0 Å². The maximum atomic E-state index is 10.9. The number of aromatic amines is 1. The smallest absolute Gasteiger partial charge is 0.311 e. The van der Waals surface area contributed by atoms with Crippen LogP contribution in [-0.4, -0.2) is 15.7 Å². The normalized spacial score (nSPS) is 9.83. The molecule has 0 aliphatic carbocycles.